The molecule has 25 heavy (non-hydrogen) atoms. The molecule has 0 aromatic heterocycles. The molecular formula is C20H30N2O3. The Labute approximate surface area is 150 Å². The van der Waals surface area contributed by atoms with E-state index in [4.69, 9.17) is 9.47 Å². The molecule has 3 rings (SSSR count). The molecule has 5 nitrogen and oxygen atoms in total. The Hall–Kier alpha value is -1.75. The minimum atomic E-state index is 0.231. The average Bonchev–Trinajstić information content (AvgIpc) is 3.17. The lowest BCUT2D eigenvalue weighted by Crippen LogP contribution is -2.43. The first-order chi connectivity index (χ1) is 12.2. The monoisotopic (exact) mass is 346 g/mol. The Bertz CT molecular complexity index is 580. The van der Waals surface area contributed by atoms with Crippen LogP contribution in [0.5, 0.6) is 11.5 Å². The summed E-state index contributed by atoms with van der Waals surface area (Å²) in [5, 5.41) is 0. The van der Waals surface area contributed by atoms with Crippen LogP contribution in [0.3, 0.4) is 0 Å². The fourth-order valence-corrected chi connectivity index (χ4v) is 3.85. The van der Waals surface area contributed by atoms with Crippen LogP contribution in [0.1, 0.15) is 45.1 Å². The molecule has 1 aliphatic carbocycles. The van der Waals surface area contributed by atoms with Crippen molar-refractivity contribution in [2.45, 2.75) is 52.1 Å². The second-order valence-corrected chi connectivity index (χ2v) is 6.89. The highest BCUT2D eigenvalue weighted by atomic mass is 16.6. The van der Waals surface area contributed by atoms with Crippen molar-refractivity contribution in [1.29, 1.82) is 0 Å². The van der Waals surface area contributed by atoms with Gasteiger partial charge in [-0.3, -0.25) is 9.69 Å². The number of ether oxygens (including phenoxy) is 2. The Morgan fingerprint density at radius 3 is 2.44 bits per heavy atom. The standard InChI is InChI=1S/C20H30N2O3/c1-3-21(4-2)20(23)15-22(17-7-5-6-8-17)14-16-9-10-18-19(13-16)25-12-11-24-18/h9-10,13,17H,3-8,11-12,14-15H2,1-2H3. The minimum Gasteiger partial charge on any atom is -0.486 e. The molecule has 138 valence electrons. The van der Waals surface area contributed by atoms with Crippen molar-refractivity contribution >= 4 is 5.91 Å². The van der Waals surface area contributed by atoms with Crippen LogP contribution in [-0.2, 0) is 11.3 Å². The summed E-state index contributed by atoms with van der Waals surface area (Å²) >= 11 is 0. The topological polar surface area (TPSA) is 42.0 Å². The molecule has 0 atom stereocenters. The molecule has 0 spiro atoms. The van der Waals surface area contributed by atoms with Gasteiger partial charge in [-0.1, -0.05) is 18.9 Å². The Kier molecular flexibility index (Phi) is 6.19. The van der Waals surface area contributed by atoms with Gasteiger partial charge in [0.25, 0.3) is 0 Å². The smallest absolute Gasteiger partial charge is 0.236 e. The lowest BCUT2D eigenvalue weighted by molar-refractivity contribution is -0.132. The van der Waals surface area contributed by atoms with E-state index in [9.17, 15) is 4.79 Å². The molecule has 5 heteroatoms. The molecule has 1 saturated carbocycles. The minimum absolute atomic E-state index is 0.231. The summed E-state index contributed by atoms with van der Waals surface area (Å²) in [6, 6.07) is 6.66. The zero-order valence-corrected chi connectivity index (χ0v) is 15.5. The van der Waals surface area contributed by atoms with Crippen molar-refractivity contribution in [3.63, 3.8) is 0 Å². The zero-order chi connectivity index (χ0) is 17.6. The lowest BCUT2D eigenvalue weighted by Gasteiger charge is -2.31. The van der Waals surface area contributed by atoms with Gasteiger partial charge in [-0.05, 0) is 44.4 Å². The third kappa shape index (κ3) is 4.46. The largest absolute Gasteiger partial charge is 0.486 e. The molecule has 0 N–H and O–H groups in total. The summed E-state index contributed by atoms with van der Waals surface area (Å²) in [6.45, 7) is 8.14. The van der Waals surface area contributed by atoms with Crippen LogP contribution in [0.25, 0.3) is 0 Å². The van der Waals surface area contributed by atoms with Crippen LogP contribution >= 0.6 is 0 Å². The van der Waals surface area contributed by atoms with Gasteiger partial charge in [0.05, 0.1) is 6.54 Å². The maximum Gasteiger partial charge on any atom is 0.236 e. The van der Waals surface area contributed by atoms with E-state index in [-0.39, 0.29) is 5.91 Å². The van der Waals surface area contributed by atoms with E-state index in [1.807, 2.05) is 24.8 Å². The summed E-state index contributed by atoms with van der Waals surface area (Å²) in [6.07, 6.45) is 4.91. The number of carbonyl (C=O) groups is 1. The molecule has 1 heterocycles. The van der Waals surface area contributed by atoms with E-state index in [0.29, 0.717) is 25.8 Å². The summed E-state index contributed by atoms with van der Waals surface area (Å²) in [5.74, 6) is 1.88. The van der Waals surface area contributed by atoms with Gasteiger partial charge in [0.15, 0.2) is 11.5 Å². The molecule has 0 bridgehead atoms. The second kappa shape index (κ2) is 8.56. The summed E-state index contributed by atoms with van der Waals surface area (Å²) in [5.41, 5.74) is 1.18. The lowest BCUT2D eigenvalue weighted by atomic mass is 10.1. The number of likely N-dealkylation sites (N-methyl/N-ethyl adjacent to an activating group) is 1. The summed E-state index contributed by atoms with van der Waals surface area (Å²) in [4.78, 5) is 16.9. The SMILES string of the molecule is CCN(CC)C(=O)CN(Cc1ccc2c(c1)OCCO2)C1CCCC1. The molecule has 1 aromatic rings. The predicted octanol–water partition coefficient (Wildman–Crippen LogP) is 3.07. The van der Waals surface area contributed by atoms with Crippen LogP contribution in [0.15, 0.2) is 18.2 Å². The number of benzene rings is 1. The Morgan fingerprint density at radius 1 is 1.08 bits per heavy atom. The third-order valence-electron chi connectivity index (χ3n) is 5.29. The van der Waals surface area contributed by atoms with Gasteiger partial charge in [0, 0.05) is 25.7 Å². The first kappa shape index (κ1) is 18.1. The molecular weight excluding hydrogens is 316 g/mol. The number of hydrogen-bond donors (Lipinski definition) is 0. The van der Waals surface area contributed by atoms with Gasteiger partial charge < -0.3 is 14.4 Å². The number of hydrogen-bond acceptors (Lipinski definition) is 4. The van der Waals surface area contributed by atoms with Gasteiger partial charge in [0.1, 0.15) is 13.2 Å². The van der Waals surface area contributed by atoms with Crippen LogP contribution in [0.2, 0.25) is 0 Å². The molecule has 1 amide bonds. The molecule has 0 saturated heterocycles. The van der Waals surface area contributed by atoms with Crippen LogP contribution in [0.4, 0.5) is 0 Å². The fraction of sp³-hybridized carbons (Fsp3) is 0.650. The van der Waals surface area contributed by atoms with Gasteiger partial charge in [-0.25, -0.2) is 0 Å². The van der Waals surface area contributed by atoms with E-state index >= 15 is 0 Å². The van der Waals surface area contributed by atoms with Gasteiger partial charge in [-0.2, -0.15) is 0 Å². The van der Waals surface area contributed by atoms with Crippen molar-refractivity contribution in [1.82, 2.24) is 9.80 Å². The quantitative estimate of drug-likeness (QED) is 0.761. The van der Waals surface area contributed by atoms with Crippen LogP contribution in [-0.4, -0.2) is 54.6 Å². The molecule has 1 aromatic carbocycles. The second-order valence-electron chi connectivity index (χ2n) is 6.89. The van der Waals surface area contributed by atoms with Crippen molar-refractivity contribution in [3.8, 4) is 11.5 Å². The van der Waals surface area contributed by atoms with Gasteiger partial charge in [-0.15, -0.1) is 0 Å². The molecule has 1 fully saturated rings. The molecule has 1 aliphatic heterocycles. The maximum absolute atomic E-state index is 12.6. The predicted molar refractivity (Wildman–Crippen MR) is 98.0 cm³/mol. The zero-order valence-electron chi connectivity index (χ0n) is 15.5. The van der Waals surface area contributed by atoms with E-state index in [1.165, 1.54) is 31.2 Å². The molecule has 2 aliphatic rings. The summed E-state index contributed by atoms with van der Waals surface area (Å²) < 4.78 is 11.3. The van der Waals surface area contributed by atoms with E-state index < -0.39 is 0 Å². The fourth-order valence-electron chi connectivity index (χ4n) is 3.85. The number of rotatable bonds is 7. The Balaban J connectivity index is 1.72. The third-order valence-corrected chi connectivity index (χ3v) is 5.29. The average molecular weight is 346 g/mol. The van der Waals surface area contributed by atoms with E-state index in [0.717, 1.165) is 31.1 Å². The van der Waals surface area contributed by atoms with Crippen molar-refractivity contribution in [3.05, 3.63) is 23.8 Å². The Morgan fingerprint density at radius 2 is 1.76 bits per heavy atom. The first-order valence-electron chi connectivity index (χ1n) is 9.61. The number of carbonyl (C=O) groups excluding carboxylic acids is 1. The normalized spacial score (nSPS) is 17.1. The maximum atomic E-state index is 12.6. The van der Waals surface area contributed by atoms with Gasteiger partial charge in [0.2, 0.25) is 5.91 Å². The molecule has 0 unspecified atom stereocenters. The van der Waals surface area contributed by atoms with Crippen LogP contribution < -0.4 is 9.47 Å². The van der Waals surface area contributed by atoms with Crippen LogP contribution in [0, 0.1) is 0 Å². The first-order valence-corrected chi connectivity index (χ1v) is 9.61. The number of nitrogens with zero attached hydrogens (tertiary/aromatic N) is 2. The number of fused-ring (bicyclic) bond motifs is 1. The molecule has 0 radical (unpaired) electrons. The number of amides is 1. The van der Waals surface area contributed by atoms with E-state index in [1.54, 1.807) is 0 Å². The van der Waals surface area contributed by atoms with Crippen molar-refractivity contribution < 1.29 is 14.3 Å². The summed E-state index contributed by atoms with van der Waals surface area (Å²) in [7, 11) is 0. The highest BCUT2D eigenvalue weighted by Gasteiger charge is 2.26. The van der Waals surface area contributed by atoms with Crippen molar-refractivity contribution in [2.24, 2.45) is 0 Å². The van der Waals surface area contributed by atoms with Crippen molar-refractivity contribution in [2.75, 3.05) is 32.8 Å². The highest BCUT2D eigenvalue weighted by Crippen LogP contribution is 2.32. The van der Waals surface area contributed by atoms with Gasteiger partial charge >= 0.3 is 0 Å². The highest BCUT2D eigenvalue weighted by molar-refractivity contribution is 5.78. The van der Waals surface area contributed by atoms with E-state index in [2.05, 4.69) is 17.0 Å².